The molecule has 0 fully saturated rings. The van der Waals surface area contributed by atoms with Crippen molar-refractivity contribution < 1.29 is 19.1 Å². The van der Waals surface area contributed by atoms with E-state index in [-0.39, 0.29) is 12.3 Å². The van der Waals surface area contributed by atoms with Crippen molar-refractivity contribution in [3.63, 3.8) is 0 Å². The number of hydrogen-bond acceptors (Lipinski definition) is 5. The van der Waals surface area contributed by atoms with Gasteiger partial charge in [0.15, 0.2) is 11.5 Å². The fraction of sp³-hybridized carbons (Fsp3) is 0.600. The van der Waals surface area contributed by atoms with Crippen LogP contribution in [0.15, 0.2) is 12.1 Å². The Morgan fingerprint density at radius 1 is 1.25 bits per heavy atom. The highest BCUT2D eigenvalue weighted by atomic mass is 35.7. The fourth-order valence-corrected chi connectivity index (χ4v) is 3.80. The normalized spacial score (nSPS) is 11.4. The summed E-state index contributed by atoms with van der Waals surface area (Å²) >= 11 is 12.1. The Balaban J connectivity index is 2.67. The summed E-state index contributed by atoms with van der Waals surface area (Å²) in [5, 5.41) is 11.3. The SMILES string of the molecule is CCOc1cc([N+](=O)[O-])c(COCCCC[Si](C)(Cl)Cl)cc1OC. The Hall–Kier alpha value is -1.02. The molecule has 6 nitrogen and oxygen atoms in total. The van der Waals surface area contributed by atoms with E-state index in [4.69, 9.17) is 36.4 Å². The number of unbranched alkanes of at least 4 members (excludes halogenated alkanes) is 1. The van der Waals surface area contributed by atoms with Crippen molar-refractivity contribution in [2.45, 2.75) is 39.0 Å². The molecule has 9 heteroatoms. The molecular weight excluding hydrogens is 373 g/mol. The van der Waals surface area contributed by atoms with Crippen LogP contribution in [0.2, 0.25) is 12.6 Å². The fourth-order valence-electron chi connectivity index (χ4n) is 2.13. The van der Waals surface area contributed by atoms with Crippen molar-refractivity contribution in [2.24, 2.45) is 0 Å². The number of nitrogens with zero attached hydrogens (tertiary/aromatic N) is 1. The molecule has 24 heavy (non-hydrogen) atoms. The lowest BCUT2D eigenvalue weighted by Crippen LogP contribution is -2.12. The Kier molecular flexibility index (Phi) is 8.83. The summed E-state index contributed by atoms with van der Waals surface area (Å²) in [5.74, 6) is 0.802. The zero-order valence-corrected chi connectivity index (χ0v) is 16.7. The third kappa shape index (κ3) is 7.25. The molecule has 0 aliphatic heterocycles. The van der Waals surface area contributed by atoms with Crippen LogP contribution in [0.3, 0.4) is 0 Å². The highest BCUT2D eigenvalue weighted by molar-refractivity contribution is 7.44. The molecule has 1 aromatic carbocycles. The Labute approximate surface area is 152 Å². The van der Waals surface area contributed by atoms with Gasteiger partial charge >= 0.3 is 0 Å². The van der Waals surface area contributed by atoms with Gasteiger partial charge in [-0.25, -0.2) is 0 Å². The van der Waals surface area contributed by atoms with Gasteiger partial charge in [0, 0.05) is 6.61 Å². The molecule has 1 aromatic rings. The van der Waals surface area contributed by atoms with Crippen LogP contribution in [0.1, 0.15) is 25.3 Å². The van der Waals surface area contributed by atoms with E-state index < -0.39 is 11.6 Å². The van der Waals surface area contributed by atoms with Gasteiger partial charge in [0.2, 0.25) is 6.69 Å². The summed E-state index contributed by atoms with van der Waals surface area (Å²) in [4.78, 5) is 10.8. The molecule has 1 rings (SSSR count). The number of rotatable bonds is 11. The summed E-state index contributed by atoms with van der Waals surface area (Å²) in [6, 6.07) is 3.76. The Bertz CT molecular complexity index is 551. The van der Waals surface area contributed by atoms with Crippen LogP contribution in [0.5, 0.6) is 11.5 Å². The summed E-state index contributed by atoms with van der Waals surface area (Å²) in [6.45, 7) is 2.64. The Morgan fingerprint density at radius 2 is 1.96 bits per heavy atom. The van der Waals surface area contributed by atoms with E-state index >= 15 is 0 Å². The van der Waals surface area contributed by atoms with Crippen LogP contribution in [0.4, 0.5) is 5.69 Å². The van der Waals surface area contributed by atoms with Crippen molar-refractivity contribution in [1.29, 1.82) is 0 Å². The Morgan fingerprint density at radius 3 is 2.50 bits per heavy atom. The number of nitro groups is 1. The molecule has 0 atom stereocenters. The van der Waals surface area contributed by atoms with E-state index in [9.17, 15) is 10.1 Å². The lowest BCUT2D eigenvalue weighted by Gasteiger charge is -2.12. The smallest absolute Gasteiger partial charge is 0.278 e. The van der Waals surface area contributed by atoms with Gasteiger partial charge in [-0.1, -0.05) is 6.42 Å². The number of nitro benzene ring substituents is 1. The van der Waals surface area contributed by atoms with Crippen LogP contribution in [-0.4, -0.2) is 31.9 Å². The quantitative estimate of drug-likeness (QED) is 0.176. The van der Waals surface area contributed by atoms with Crippen LogP contribution < -0.4 is 9.47 Å². The molecular formula is C15H23Cl2NO5Si. The van der Waals surface area contributed by atoms with Crippen molar-refractivity contribution in [2.75, 3.05) is 20.3 Å². The molecule has 136 valence electrons. The summed E-state index contributed by atoms with van der Waals surface area (Å²) < 4.78 is 16.2. The number of ether oxygens (including phenoxy) is 3. The van der Waals surface area contributed by atoms with E-state index in [1.54, 1.807) is 13.0 Å². The van der Waals surface area contributed by atoms with E-state index in [0.29, 0.717) is 30.3 Å². The largest absolute Gasteiger partial charge is 0.493 e. The molecule has 0 unspecified atom stereocenters. The summed E-state index contributed by atoms with van der Waals surface area (Å²) in [6.07, 6.45) is 1.69. The summed E-state index contributed by atoms with van der Waals surface area (Å²) in [5.41, 5.74) is 0.412. The van der Waals surface area contributed by atoms with Gasteiger partial charge in [0.05, 0.1) is 36.9 Å². The van der Waals surface area contributed by atoms with Crippen molar-refractivity contribution in [3.05, 3.63) is 27.8 Å². The van der Waals surface area contributed by atoms with Crippen LogP contribution in [0, 0.1) is 10.1 Å². The lowest BCUT2D eigenvalue weighted by molar-refractivity contribution is -0.386. The number of halogens is 2. The minimum absolute atomic E-state index is 0.0410. The van der Waals surface area contributed by atoms with Gasteiger partial charge < -0.3 is 14.2 Å². The molecule has 0 aliphatic carbocycles. The van der Waals surface area contributed by atoms with Gasteiger partial charge in [-0.3, -0.25) is 10.1 Å². The first kappa shape index (κ1) is 21.0. The lowest BCUT2D eigenvalue weighted by atomic mass is 10.1. The maximum absolute atomic E-state index is 11.3. The average molecular weight is 396 g/mol. The van der Waals surface area contributed by atoms with Crippen LogP contribution >= 0.6 is 22.2 Å². The first-order chi connectivity index (χ1) is 11.3. The molecule has 0 spiro atoms. The zero-order valence-electron chi connectivity index (χ0n) is 14.1. The van der Waals surface area contributed by atoms with Crippen LogP contribution in [0.25, 0.3) is 0 Å². The predicted octanol–water partition coefficient (Wildman–Crippen LogP) is 4.85. The monoisotopic (exact) mass is 395 g/mol. The zero-order chi connectivity index (χ0) is 18.2. The first-order valence-corrected chi connectivity index (χ1v) is 12.4. The van der Waals surface area contributed by atoms with Gasteiger partial charge in [-0.2, -0.15) is 0 Å². The number of hydrogen-bond donors (Lipinski definition) is 0. The second-order valence-electron chi connectivity index (χ2n) is 5.40. The molecule has 0 saturated carbocycles. The van der Waals surface area contributed by atoms with Gasteiger partial charge in [0.25, 0.3) is 5.69 Å². The highest BCUT2D eigenvalue weighted by Gasteiger charge is 2.21. The van der Waals surface area contributed by atoms with Gasteiger partial charge in [-0.05, 0) is 32.0 Å². The molecule has 0 N–H and O–H groups in total. The van der Waals surface area contributed by atoms with Gasteiger partial charge in [0.1, 0.15) is 0 Å². The molecule has 0 bridgehead atoms. The molecule has 0 amide bonds. The van der Waals surface area contributed by atoms with Crippen molar-refractivity contribution in [3.8, 4) is 11.5 Å². The minimum Gasteiger partial charge on any atom is -0.493 e. The van der Waals surface area contributed by atoms with Crippen molar-refractivity contribution >= 4 is 34.5 Å². The first-order valence-electron chi connectivity index (χ1n) is 7.72. The van der Waals surface area contributed by atoms with E-state index in [2.05, 4.69) is 0 Å². The van der Waals surface area contributed by atoms with Gasteiger partial charge in [-0.15, -0.1) is 22.2 Å². The van der Waals surface area contributed by atoms with E-state index in [1.165, 1.54) is 13.2 Å². The predicted molar refractivity (Wildman–Crippen MR) is 97.8 cm³/mol. The third-order valence-corrected chi connectivity index (χ3v) is 5.64. The van der Waals surface area contributed by atoms with Crippen molar-refractivity contribution in [1.82, 2.24) is 0 Å². The maximum Gasteiger partial charge on any atom is 0.278 e. The average Bonchev–Trinajstić information content (AvgIpc) is 2.50. The van der Waals surface area contributed by atoms with E-state index in [0.717, 1.165) is 18.9 Å². The topological polar surface area (TPSA) is 70.8 Å². The highest BCUT2D eigenvalue weighted by Crippen LogP contribution is 2.35. The third-order valence-electron chi connectivity index (χ3n) is 3.27. The second kappa shape index (κ2) is 10.1. The number of benzene rings is 1. The standard InChI is InChI=1S/C15H23Cl2NO5Si/c1-4-23-15-10-13(18(19)20)12(9-14(15)21-2)11-22-7-5-6-8-24(3,16)17/h9-10H,4-8,11H2,1-3H3. The molecule has 0 aliphatic rings. The van der Waals surface area contributed by atoms with Crippen LogP contribution in [-0.2, 0) is 11.3 Å². The van der Waals surface area contributed by atoms with E-state index in [1.807, 2.05) is 6.55 Å². The maximum atomic E-state index is 11.3. The molecule has 0 heterocycles. The molecule has 0 radical (unpaired) electrons. The summed E-state index contributed by atoms with van der Waals surface area (Å²) in [7, 11) is 1.49. The minimum atomic E-state index is -2.06. The number of methoxy groups -OCH3 is 1. The molecule has 0 aromatic heterocycles. The second-order valence-corrected chi connectivity index (χ2v) is 13.6. The molecule has 0 saturated heterocycles.